The highest BCUT2D eigenvalue weighted by atomic mass is 16.5. The van der Waals surface area contributed by atoms with Crippen LogP contribution in [-0.4, -0.2) is 33.9 Å². The minimum Gasteiger partial charge on any atom is -0.360 e. The smallest absolute Gasteiger partial charge is 0.222 e. The van der Waals surface area contributed by atoms with E-state index in [1.807, 2.05) is 11.1 Å². The van der Waals surface area contributed by atoms with Crippen LogP contribution in [0, 0.1) is 5.92 Å². The maximum Gasteiger partial charge on any atom is 0.222 e. The van der Waals surface area contributed by atoms with Crippen molar-refractivity contribution in [2.45, 2.75) is 69.5 Å². The summed E-state index contributed by atoms with van der Waals surface area (Å²) in [5, 5.41) is 0. The minimum atomic E-state index is -0.319. The van der Waals surface area contributed by atoms with Crippen LogP contribution in [0.25, 0.3) is 0 Å². The number of amides is 1. The molecule has 0 unspecified atom stereocenters. The zero-order valence-electron chi connectivity index (χ0n) is 14.2. The lowest BCUT2D eigenvalue weighted by atomic mass is 9.87. The van der Waals surface area contributed by atoms with Crippen LogP contribution in [0.2, 0.25) is 0 Å². The highest BCUT2D eigenvalue weighted by Gasteiger charge is 2.52. The van der Waals surface area contributed by atoms with E-state index >= 15 is 0 Å². The molecule has 0 atom stereocenters. The average Bonchev–Trinajstić information content (AvgIpc) is 3.15. The number of carbonyl (C=O) groups is 1. The van der Waals surface area contributed by atoms with Gasteiger partial charge in [0.1, 0.15) is 11.4 Å². The van der Waals surface area contributed by atoms with Gasteiger partial charge in [0.25, 0.3) is 0 Å². The molecule has 1 saturated heterocycles. The van der Waals surface area contributed by atoms with Crippen LogP contribution >= 0.6 is 0 Å². The van der Waals surface area contributed by atoms with Crippen molar-refractivity contribution in [2.24, 2.45) is 5.92 Å². The van der Waals surface area contributed by atoms with Gasteiger partial charge in [0.15, 0.2) is 0 Å². The fraction of sp³-hybridized carbons (Fsp3) is 0.737. The van der Waals surface area contributed by atoms with E-state index in [-0.39, 0.29) is 5.60 Å². The lowest BCUT2D eigenvalue weighted by Crippen LogP contribution is -2.61. The van der Waals surface area contributed by atoms with Gasteiger partial charge in [-0.05, 0) is 25.2 Å². The number of rotatable bonds is 4. The van der Waals surface area contributed by atoms with Gasteiger partial charge in [-0.3, -0.25) is 4.79 Å². The third kappa shape index (κ3) is 2.44. The van der Waals surface area contributed by atoms with Gasteiger partial charge >= 0.3 is 0 Å². The number of fused-ring (bicyclic) bond motifs is 2. The zero-order chi connectivity index (χ0) is 16.1. The summed E-state index contributed by atoms with van der Waals surface area (Å²) in [6, 6.07) is 0. The van der Waals surface area contributed by atoms with Crippen molar-refractivity contribution in [3.63, 3.8) is 0 Å². The number of aromatic nitrogens is 2. The summed E-state index contributed by atoms with van der Waals surface area (Å²) in [6.07, 6.45) is 11.5. The maximum absolute atomic E-state index is 12.4. The summed E-state index contributed by atoms with van der Waals surface area (Å²) >= 11 is 0. The topological polar surface area (TPSA) is 55.3 Å². The van der Waals surface area contributed by atoms with Crippen molar-refractivity contribution in [3.05, 3.63) is 23.3 Å². The molecule has 128 valence electrons. The van der Waals surface area contributed by atoms with E-state index in [0.717, 1.165) is 29.4 Å². The molecule has 0 radical (unpaired) electrons. The first-order chi connectivity index (χ1) is 11.7. The molecule has 1 aromatic heterocycles. The molecule has 0 aromatic carbocycles. The standard InChI is InChI=1S/C19H25N3O2/c23-17(8-5-13-3-1-2-4-13)22-11-19(12-22)15-9-20-18(14-6-7-14)21-16(15)10-24-19/h9,13-14H,1-8,10-12H2. The van der Waals surface area contributed by atoms with E-state index < -0.39 is 0 Å². The second-order valence-electron chi connectivity index (χ2n) is 8.08. The Balaban J connectivity index is 1.21. The van der Waals surface area contributed by atoms with Crippen LogP contribution in [0.1, 0.15) is 74.4 Å². The molecule has 3 heterocycles. The molecule has 2 aliphatic heterocycles. The van der Waals surface area contributed by atoms with Gasteiger partial charge in [-0.1, -0.05) is 25.7 Å². The van der Waals surface area contributed by atoms with Gasteiger partial charge in [-0.25, -0.2) is 9.97 Å². The van der Waals surface area contributed by atoms with Crippen LogP contribution < -0.4 is 0 Å². The number of hydrogen-bond donors (Lipinski definition) is 0. The first-order valence-electron chi connectivity index (χ1n) is 9.51. The summed E-state index contributed by atoms with van der Waals surface area (Å²) in [5.74, 6) is 2.63. The third-order valence-electron chi connectivity index (χ3n) is 6.29. The van der Waals surface area contributed by atoms with Crippen LogP contribution in [0.4, 0.5) is 0 Å². The molecular weight excluding hydrogens is 302 g/mol. The van der Waals surface area contributed by atoms with Gasteiger partial charge in [0.2, 0.25) is 5.91 Å². The monoisotopic (exact) mass is 327 g/mol. The fourth-order valence-corrected chi connectivity index (χ4v) is 4.54. The normalized spacial score (nSPS) is 25.1. The van der Waals surface area contributed by atoms with Gasteiger partial charge in [0, 0.05) is 24.1 Å². The Hall–Kier alpha value is -1.49. The van der Waals surface area contributed by atoms with Gasteiger partial charge in [-0.15, -0.1) is 0 Å². The first kappa shape index (κ1) is 14.8. The first-order valence-corrected chi connectivity index (χ1v) is 9.51. The minimum absolute atomic E-state index is 0.292. The summed E-state index contributed by atoms with van der Waals surface area (Å²) in [6.45, 7) is 1.92. The fourth-order valence-electron chi connectivity index (χ4n) is 4.54. The SMILES string of the molecule is O=C(CCC1CCCC1)N1CC2(C1)OCc1nc(C3CC3)ncc12. The van der Waals surface area contributed by atoms with Crippen molar-refractivity contribution in [1.82, 2.24) is 14.9 Å². The molecule has 0 bridgehead atoms. The van der Waals surface area contributed by atoms with E-state index in [1.54, 1.807) is 0 Å². The molecule has 3 fully saturated rings. The summed E-state index contributed by atoms with van der Waals surface area (Å²) < 4.78 is 6.06. The predicted molar refractivity (Wildman–Crippen MR) is 88.2 cm³/mol. The lowest BCUT2D eigenvalue weighted by molar-refractivity contribution is -0.169. The Bertz CT molecular complexity index is 659. The Morgan fingerprint density at radius 3 is 2.79 bits per heavy atom. The molecule has 1 spiro atoms. The van der Waals surface area contributed by atoms with E-state index in [0.29, 0.717) is 37.9 Å². The second kappa shape index (κ2) is 5.51. The highest BCUT2D eigenvalue weighted by molar-refractivity contribution is 5.77. The molecule has 1 amide bonds. The van der Waals surface area contributed by atoms with E-state index in [9.17, 15) is 4.79 Å². The third-order valence-corrected chi connectivity index (χ3v) is 6.29. The predicted octanol–water partition coefficient (Wildman–Crippen LogP) is 2.89. The van der Waals surface area contributed by atoms with Gasteiger partial charge < -0.3 is 9.64 Å². The molecule has 24 heavy (non-hydrogen) atoms. The Morgan fingerprint density at radius 2 is 2.04 bits per heavy atom. The van der Waals surface area contributed by atoms with E-state index in [4.69, 9.17) is 9.72 Å². The second-order valence-corrected chi connectivity index (χ2v) is 8.08. The number of carbonyl (C=O) groups excluding carboxylic acids is 1. The van der Waals surface area contributed by atoms with Gasteiger partial charge in [0.05, 0.1) is 25.4 Å². The molecule has 1 aromatic rings. The Labute approximate surface area is 142 Å². The zero-order valence-corrected chi connectivity index (χ0v) is 14.2. The summed E-state index contributed by atoms with van der Waals surface area (Å²) in [4.78, 5) is 23.6. The van der Waals surface area contributed by atoms with Crippen molar-refractivity contribution in [3.8, 4) is 0 Å². The van der Waals surface area contributed by atoms with Crippen LogP contribution in [0.15, 0.2) is 6.20 Å². The van der Waals surface area contributed by atoms with Crippen molar-refractivity contribution < 1.29 is 9.53 Å². The molecular formula is C19H25N3O2. The molecule has 5 heteroatoms. The van der Waals surface area contributed by atoms with Crippen LogP contribution in [0.5, 0.6) is 0 Å². The Kier molecular flexibility index (Phi) is 3.40. The summed E-state index contributed by atoms with van der Waals surface area (Å²) in [5.41, 5.74) is 1.84. The lowest BCUT2D eigenvalue weighted by Gasteiger charge is -2.47. The quantitative estimate of drug-likeness (QED) is 0.853. The molecule has 0 N–H and O–H groups in total. The van der Waals surface area contributed by atoms with Gasteiger partial charge in [-0.2, -0.15) is 0 Å². The average molecular weight is 327 g/mol. The van der Waals surface area contributed by atoms with E-state index in [2.05, 4.69) is 4.98 Å². The van der Waals surface area contributed by atoms with Crippen molar-refractivity contribution in [1.29, 1.82) is 0 Å². The van der Waals surface area contributed by atoms with Crippen LogP contribution in [-0.2, 0) is 21.7 Å². The maximum atomic E-state index is 12.4. The largest absolute Gasteiger partial charge is 0.360 e. The number of likely N-dealkylation sites (tertiary alicyclic amines) is 1. The molecule has 5 rings (SSSR count). The number of hydrogen-bond acceptors (Lipinski definition) is 4. The molecule has 4 aliphatic rings. The highest BCUT2D eigenvalue weighted by Crippen LogP contribution is 2.45. The number of nitrogens with zero attached hydrogens (tertiary/aromatic N) is 3. The van der Waals surface area contributed by atoms with E-state index in [1.165, 1.54) is 38.5 Å². The van der Waals surface area contributed by atoms with Crippen molar-refractivity contribution in [2.75, 3.05) is 13.1 Å². The van der Waals surface area contributed by atoms with Crippen LogP contribution in [0.3, 0.4) is 0 Å². The molecule has 5 nitrogen and oxygen atoms in total. The Morgan fingerprint density at radius 1 is 1.25 bits per heavy atom. The van der Waals surface area contributed by atoms with Crippen molar-refractivity contribution >= 4 is 5.91 Å². The number of ether oxygens (including phenoxy) is 1. The molecule has 2 aliphatic carbocycles. The molecule has 2 saturated carbocycles. The summed E-state index contributed by atoms with van der Waals surface area (Å²) in [7, 11) is 0.